The molecule has 0 amide bonds. The van der Waals surface area contributed by atoms with E-state index in [1.165, 1.54) is 19.3 Å². The van der Waals surface area contributed by atoms with Crippen molar-refractivity contribution in [1.82, 2.24) is 5.01 Å². The Morgan fingerprint density at radius 2 is 2.07 bits per heavy atom. The fourth-order valence-corrected chi connectivity index (χ4v) is 1.65. The first kappa shape index (κ1) is 9.31. The molecular formula is C11H16N2O. The van der Waals surface area contributed by atoms with E-state index < -0.39 is 0 Å². The highest BCUT2D eigenvalue weighted by Gasteiger charge is 2.06. The lowest BCUT2D eigenvalue weighted by Gasteiger charge is -2.22. The summed E-state index contributed by atoms with van der Waals surface area (Å²) < 4.78 is 5.40. The van der Waals surface area contributed by atoms with E-state index in [2.05, 4.69) is 10.1 Å². The molecule has 0 atom stereocenters. The first-order valence-corrected chi connectivity index (χ1v) is 5.20. The van der Waals surface area contributed by atoms with Gasteiger partial charge in [0.1, 0.15) is 11.5 Å². The van der Waals surface area contributed by atoms with Crippen molar-refractivity contribution >= 4 is 6.21 Å². The Hall–Kier alpha value is -1.25. The van der Waals surface area contributed by atoms with E-state index in [0.717, 1.165) is 24.6 Å². The average Bonchev–Trinajstić information content (AvgIpc) is 2.63. The second kappa shape index (κ2) is 4.31. The molecule has 3 heteroatoms. The standard InChI is InChI=1S/C11H16N2O/c1-10-5-6-11(14-10)9-12-13-7-3-2-4-8-13/h5-6,9H,2-4,7-8H2,1H3. The van der Waals surface area contributed by atoms with Gasteiger partial charge < -0.3 is 4.42 Å². The van der Waals surface area contributed by atoms with Crippen LogP contribution < -0.4 is 0 Å². The van der Waals surface area contributed by atoms with E-state index in [0.29, 0.717) is 0 Å². The van der Waals surface area contributed by atoms with Crippen LogP contribution in [-0.2, 0) is 0 Å². The van der Waals surface area contributed by atoms with Gasteiger partial charge in [-0.15, -0.1) is 0 Å². The van der Waals surface area contributed by atoms with Gasteiger partial charge >= 0.3 is 0 Å². The minimum Gasteiger partial charge on any atom is -0.460 e. The van der Waals surface area contributed by atoms with Gasteiger partial charge in [0.2, 0.25) is 0 Å². The van der Waals surface area contributed by atoms with Crippen molar-refractivity contribution in [1.29, 1.82) is 0 Å². The van der Waals surface area contributed by atoms with Crippen LogP contribution in [0.4, 0.5) is 0 Å². The molecule has 0 aliphatic carbocycles. The summed E-state index contributed by atoms with van der Waals surface area (Å²) in [5.74, 6) is 1.78. The third-order valence-electron chi connectivity index (χ3n) is 2.44. The number of hydrazone groups is 1. The Kier molecular flexibility index (Phi) is 2.87. The van der Waals surface area contributed by atoms with Gasteiger partial charge in [0, 0.05) is 13.1 Å². The molecule has 3 nitrogen and oxygen atoms in total. The largest absolute Gasteiger partial charge is 0.460 e. The van der Waals surface area contributed by atoms with E-state index in [9.17, 15) is 0 Å². The van der Waals surface area contributed by atoms with Gasteiger partial charge in [0.25, 0.3) is 0 Å². The molecule has 0 aromatic carbocycles. The second-order valence-corrected chi connectivity index (χ2v) is 3.71. The summed E-state index contributed by atoms with van der Waals surface area (Å²) in [7, 11) is 0. The molecule has 1 aromatic heterocycles. The molecule has 14 heavy (non-hydrogen) atoms. The molecule has 0 unspecified atom stereocenters. The van der Waals surface area contributed by atoms with Crippen LogP contribution in [0.2, 0.25) is 0 Å². The lowest BCUT2D eigenvalue weighted by atomic mass is 10.2. The Labute approximate surface area is 84.4 Å². The zero-order chi connectivity index (χ0) is 9.80. The number of rotatable bonds is 2. The molecule has 1 aromatic rings. The first-order valence-electron chi connectivity index (χ1n) is 5.20. The SMILES string of the molecule is Cc1ccc(C=NN2CCCCC2)o1. The Morgan fingerprint density at radius 3 is 2.71 bits per heavy atom. The van der Waals surface area contributed by atoms with E-state index in [1.807, 2.05) is 19.1 Å². The topological polar surface area (TPSA) is 28.7 Å². The normalized spacial score (nSPS) is 17.9. The third kappa shape index (κ3) is 2.37. The van der Waals surface area contributed by atoms with Crippen molar-refractivity contribution in [2.75, 3.05) is 13.1 Å². The molecule has 0 spiro atoms. The van der Waals surface area contributed by atoms with Crippen molar-refractivity contribution < 1.29 is 4.42 Å². The van der Waals surface area contributed by atoms with Crippen LogP contribution in [0.15, 0.2) is 21.7 Å². The quantitative estimate of drug-likeness (QED) is 0.673. The number of piperidine rings is 1. The fraction of sp³-hybridized carbons (Fsp3) is 0.545. The smallest absolute Gasteiger partial charge is 0.147 e. The maximum absolute atomic E-state index is 5.40. The molecule has 1 aliphatic heterocycles. The number of aryl methyl sites for hydroxylation is 1. The second-order valence-electron chi connectivity index (χ2n) is 3.71. The van der Waals surface area contributed by atoms with Crippen molar-refractivity contribution in [3.63, 3.8) is 0 Å². The lowest BCUT2D eigenvalue weighted by molar-refractivity contribution is 0.240. The van der Waals surface area contributed by atoms with Gasteiger partial charge in [-0.25, -0.2) is 0 Å². The molecule has 2 heterocycles. The summed E-state index contributed by atoms with van der Waals surface area (Å²) in [6.45, 7) is 4.10. The molecule has 0 N–H and O–H groups in total. The average molecular weight is 192 g/mol. The van der Waals surface area contributed by atoms with E-state index in [-0.39, 0.29) is 0 Å². The molecule has 1 aliphatic rings. The molecule has 0 bridgehead atoms. The fourth-order valence-electron chi connectivity index (χ4n) is 1.65. The Morgan fingerprint density at radius 1 is 1.29 bits per heavy atom. The molecule has 0 saturated carbocycles. The maximum atomic E-state index is 5.40. The highest BCUT2D eigenvalue weighted by Crippen LogP contribution is 2.09. The highest BCUT2D eigenvalue weighted by molar-refractivity contribution is 5.75. The van der Waals surface area contributed by atoms with Crippen LogP contribution >= 0.6 is 0 Å². The molecule has 0 radical (unpaired) electrons. The van der Waals surface area contributed by atoms with Crippen LogP contribution in [0.25, 0.3) is 0 Å². The Balaban J connectivity index is 1.92. The summed E-state index contributed by atoms with van der Waals surface area (Å²) in [4.78, 5) is 0. The van der Waals surface area contributed by atoms with Crippen LogP contribution in [-0.4, -0.2) is 24.3 Å². The number of nitrogens with zero attached hydrogens (tertiary/aromatic N) is 2. The molecular weight excluding hydrogens is 176 g/mol. The molecule has 1 saturated heterocycles. The zero-order valence-electron chi connectivity index (χ0n) is 8.57. The number of hydrogen-bond acceptors (Lipinski definition) is 3. The van der Waals surface area contributed by atoms with Crippen LogP contribution in [0.1, 0.15) is 30.8 Å². The predicted octanol–water partition coefficient (Wildman–Crippen LogP) is 2.41. The number of hydrogen-bond donors (Lipinski definition) is 0. The summed E-state index contributed by atoms with van der Waals surface area (Å²) in [6, 6.07) is 3.90. The van der Waals surface area contributed by atoms with E-state index >= 15 is 0 Å². The Bertz CT molecular complexity index is 311. The number of furan rings is 1. The molecule has 2 rings (SSSR count). The van der Waals surface area contributed by atoms with Crippen molar-refractivity contribution in [2.24, 2.45) is 5.10 Å². The summed E-state index contributed by atoms with van der Waals surface area (Å²) in [5.41, 5.74) is 0. The highest BCUT2D eigenvalue weighted by atomic mass is 16.3. The van der Waals surface area contributed by atoms with Gasteiger partial charge in [0.05, 0.1) is 6.21 Å². The molecule has 1 fully saturated rings. The van der Waals surface area contributed by atoms with Gasteiger partial charge in [0.15, 0.2) is 0 Å². The van der Waals surface area contributed by atoms with Crippen LogP contribution in [0.5, 0.6) is 0 Å². The van der Waals surface area contributed by atoms with Crippen LogP contribution in [0.3, 0.4) is 0 Å². The predicted molar refractivity (Wildman–Crippen MR) is 56.5 cm³/mol. The van der Waals surface area contributed by atoms with Gasteiger partial charge in [-0.1, -0.05) is 0 Å². The van der Waals surface area contributed by atoms with E-state index in [1.54, 1.807) is 6.21 Å². The minimum atomic E-state index is 0.841. The minimum absolute atomic E-state index is 0.841. The molecule has 76 valence electrons. The van der Waals surface area contributed by atoms with Gasteiger partial charge in [-0.05, 0) is 38.3 Å². The van der Waals surface area contributed by atoms with Crippen molar-refractivity contribution in [3.05, 3.63) is 23.7 Å². The lowest BCUT2D eigenvalue weighted by Crippen LogP contribution is -2.24. The zero-order valence-corrected chi connectivity index (χ0v) is 8.57. The summed E-state index contributed by atoms with van der Waals surface area (Å²) >= 11 is 0. The van der Waals surface area contributed by atoms with Crippen LogP contribution in [0, 0.1) is 6.92 Å². The van der Waals surface area contributed by atoms with E-state index in [4.69, 9.17) is 4.42 Å². The van der Waals surface area contributed by atoms with Gasteiger partial charge in [-0.3, -0.25) is 5.01 Å². The van der Waals surface area contributed by atoms with Gasteiger partial charge in [-0.2, -0.15) is 5.10 Å². The third-order valence-corrected chi connectivity index (χ3v) is 2.44. The first-order chi connectivity index (χ1) is 6.84. The monoisotopic (exact) mass is 192 g/mol. The summed E-state index contributed by atoms with van der Waals surface area (Å²) in [6.07, 6.45) is 5.66. The summed E-state index contributed by atoms with van der Waals surface area (Å²) in [5, 5.41) is 6.49. The van der Waals surface area contributed by atoms with Crippen molar-refractivity contribution in [2.45, 2.75) is 26.2 Å². The van der Waals surface area contributed by atoms with Crippen molar-refractivity contribution in [3.8, 4) is 0 Å². The maximum Gasteiger partial charge on any atom is 0.147 e.